The van der Waals surface area contributed by atoms with E-state index in [-0.39, 0.29) is 0 Å². The first kappa shape index (κ1) is 19.5. The van der Waals surface area contributed by atoms with Crippen LogP contribution in [-0.4, -0.2) is 61.6 Å². The van der Waals surface area contributed by atoms with Gasteiger partial charge in [-0.15, -0.1) is 11.3 Å². The highest BCUT2D eigenvalue weighted by molar-refractivity contribution is 7.89. The van der Waals surface area contributed by atoms with Crippen LogP contribution in [0.2, 0.25) is 0 Å². The molecule has 1 aromatic carbocycles. The number of piperazine rings is 1. The van der Waals surface area contributed by atoms with Gasteiger partial charge in [-0.1, -0.05) is 30.3 Å². The summed E-state index contributed by atoms with van der Waals surface area (Å²) < 4.78 is 27.3. The number of thiophene rings is 1. The van der Waals surface area contributed by atoms with Gasteiger partial charge < -0.3 is 5.11 Å². The average molecular weight is 395 g/mol. The van der Waals surface area contributed by atoms with Crippen molar-refractivity contribution in [3.63, 3.8) is 0 Å². The van der Waals surface area contributed by atoms with Gasteiger partial charge in [-0.25, -0.2) is 8.42 Å². The number of aliphatic hydroxyl groups is 1. The maximum absolute atomic E-state index is 12.9. The lowest BCUT2D eigenvalue weighted by molar-refractivity contribution is 0.0921. The van der Waals surface area contributed by atoms with Crippen LogP contribution in [0.15, 0.2) is 41.3 Å². The van der Waals surface area contributed by atoms with Crippen LogP contribution in [0.3, 0.4) is 0 Å². The fourth-order valence-corrected chi connectivity index (χ4v) is 6.35. The summed E-state index contributed by atoms with van der Waals surface area (Å²) in [4.78, 5) is 4.45. The fourth-order valence-electron chi connectivity index (χ4n) is 3.40. The molecule has 0 amide bonds. The molecule has 1 N–H and O–H groups in total. The van der Waals surface area contributed by atoms with Crippen LogP contribution in [0.5, 0.6) is 0 Å². The molecule has 0 unspecified atom stereocenters. The number of aliphatic hydroxyl groups excluding tert-OH is 1. The highest BCUT2D eigenvalue weighted by Gasteiger charge is 2.30. The quantitative estimate of drug-likeness (QED) is 0.817. The first-order chi connectivity index (χ1) is 12.4. The largest absolute Gasteiger partial charge is 0.391 e. The van der Waals surface area contributed by atoms with Gasteiger partial charge in [0, 0.05) is 42.5 Å². The lowest BCUT2D eigenvalue weighted by atomic mass is 10.1. The molecule has 7 heteroatoms. The minimum Gasteiger partial charge on any atom is -0.391 e. The fraction of sp³-hybridized carbons (Fsp3) is 0.474. The molecule has 0 saturated carbocycles. The minimum absolute atomic E-state index is 0.442. The summed E-state index contributed by atoms with van der Waals surface area (Å²) in [5.41, 5.74) is 1.12. The smallest absolute Gasteiger partial charge is 0.244 e. The third-order valence-electron chi connectivity index (χ3n) is 4.73. The lowest BCUT2D eigenvalue weighted by Crippen LogP contribution is -2.50. The maximum atomic E-state index is 12.9. The number of rotatable bonds is 6. The highest BCUT2D eigenvalue weighted by atomic mass is 32.2. The molecule has 0 spiro atoms. The number of sulfonamides is 1. The molecule has 1 fully saturated rings. The van der Waals surface area contributed by atoms with Crippen LogP contribution >= 0.6 is 11.3 Å². The average Bonchev–Trinajstić information content (AvgIpc) is 2.95. The summed E-state index contributed by atoms with van der Waals surface area (Å²) in [5, 5.41) is 10.3. The molecule has 26 heavy (non-hydrogen) atoms. The topological polar surface area (TPSA) is 60.9 Å². The number of hydrogen-bond acceptors (Lipinski definition) is 5. The van der Waals surface area contributed by atoms with E-state index in [0.717, 1.165) is 15.3 Å². The molecule has 3 rings (SSSR count). The molecule has 0 radical (unpaired) electrons. The second-order valence-electron chi connectivity index (χ2n) is 6.83. The van der Waals surface area contributed by atoms with Crippen LogP contribution in [0.4, 0.5) is 0 Å². The number of hydrogen-bond donors (Lipinski definition) is 1. The highest BCUT2D eigenvalue weighted by Crippen LogP contribution is 2.28. The summed E-state index contributed by atoms with van der Waals surface area (Å²) in [6, 6.07) is 11.7. The van der Waals surface area contributed by atoms with Crippen molar-refractivity contribution in [3.05, 3.63) is 51.7 Å². The Bertz CT molecular complexity index is 826. The predicted molar refractivity (Wildman–Crippen MR) is 105 cm³/mol. The molecule has 2 aromatic rings. The SMILES string of the molecule is Cc1cc(S(=O)(=O)N2CCN(C[C@@H](O)Cc3ccccc3)CC2)c(C)s1. The van der Waals surface area contributed by atoms with E-state index in [1.165, 1.54) is 11.3 Å². The van der Waals surface area contributed by atoms with Crippen LogP contribution in [-0.2, 0) is 16.4 Å². The van der Waals surface area contributed by atoms with E-state index in [2.05, 4.69) is 4.90 Å². The van der Waals surface area contributed by atoms with Crippen LogP contribution in [0, 0.1) is 13.8 Å². The summed E-state index contributed by atoms with van der Waals surface area (Å²) in [7, 11) is -3.42. The van der Waals surface area contributed by atoms with Crippen molar-refractivity contribution in [3.8, 4) is 0 Å². The summed E-state index contributed by atoms with van der Waals surface area (Å²) >= 11 is 1.52. The third-order valence-corrected chi connectivity index (χ3v) is 7.85. The van der Waals surface area contributed by atoms with Crippen molar-refractivity contribution >= 4 is 21.4 Å². The van der Waals surface area contributed by atoms with Gasteiger partial charge in [0.25, 0.3) is 0 Å². The van der Waals surface area contributed by atoms with Crippen LogP contribution in [0.25, 0.3) is 0 Å². The first-order valence-corrected chi connectivity index (χ1v) is 11.1. The Labute approximate surface area is 159 Å². The molecular formula is C19H26N2O3S2. The second-order valence-corrected chi connectivity index (χ2v) is 10.2. The zero-order valence-corrected chi connectivity index (χ0v) is 16.9. The van der Waals surface area contributed by atoms with Gasteiger partial charge in [0.1, 0.15) is 0 Å². The van der Waals surface area contributed by atoms with Crippen LogP contribution in [0.1, 0.15) is 15.3 Å². The molecular weight excluding hydrogens is 368 g/mol. The zero-order valence-electron chi connectivity index (χ0n) is 15.3. The standard InChI is InChI=1S/C19H26N2O3S2/c1-15-12-19(16(2)25-15)26(23,24)21-10-8-20(9-11-21)14-18(22)13-17-6-4-3-5-7-17/h3-7,12,18,22H,8-11,13-14H2,1-2H3/t18-/m0/s1. The Kier molecular flexibility index (Phi) is 6.14. The van der Waals surface area contributed by atoms with E-state index in [1.807, 2.05) is 44.2 Å². The number of β-amino-alcohol motifs (C(OH)–C–C–N with tert-alkyl or cyclic N) is 1. The van der Waals surface area contributed by atoms with Gasteiger partial charge in [0.15, 0.2) is 0 Å². The molecule has 1 aromatic heterocycles. The number of nitrogens with zero attached hydrogens (tertiary/aromatic N) is 2. The Morgan fingerprint density at radius 3 is 2.35 bits per heavy atom. The van der Waals surface area contributed by atoms with Crippen molar-refractivity contribution < 1.29 is 13.5 Å². The molecule has 5 nitrogen and oxygen atoms in total. The van der Waals surface area contributed by atoms with E-state index in [1.54, 1.807) is 10.4 Å². The molecule has 1 saturated heterocycles. The van der Waals surface area contributed by atoms with E-state index < -0.39 is 16.1 Å². The van der Waals surface area contributed by atoms with Gasteiger partial charge >= 0.3 is 0 Å². The van der Waals surface area contributed by atoms with Crippen molar-refractivity contribution in [2.24, 2.45) is 0 Å². The summed E-state index contributed by atoms with van der Waals surface area (Å²) in [6.07, 6.45) is 0.175. The Hall–Kier alpha value is -1.25. The Morgan fingerprint density at radius 1 is 1.12 bits per heavy atom. The van der Waals surface area contributed by atoms with Crippen molar-refractivity contribution in [2.75, 3.05) is 32.7 Å². The molecule has 142 valence electrons. The Balaban J connectivity index is 1.55. The monoisotopic (exact) mass is 394 g/mol. The van der Waals surface area contributed by atoms with Gasteiger partial charge in [0.05, 0.1) is 11.0 Å². The summed E-state index contributed by atoms with van der Waals surface area (Å²) in [6.45, 7) is 6.59. The maximum Gasteiger partial charge on any atom is 0.244 e. The Morgan fingerprint density at radius 2 is 1.77 bits per heavy atom. The van der Waals surface area contributed by atoms with E-state index in [9.17, 15) is 13.5 Å². The van der Waals surface area contributed by atoms with Gasteiger partial charge in [-0.3, -0.25) is 4.90 Å². The predicted octanol–water partition coefficient (Wildman–Crippen LogP) is 2.27. The van der Waals surface area contributed by atoms with Gasteiger partial charge in [-0.05, 0) is 31.9 Å². The normalized spacial score (nSPS) is 18.1. The third kappa shape index (κ3) is 4.53. The van der Waals surface area contributed by atoms with E-state index >= 15 is 0 Å². The van der Waals surface area contributed by atoms with Crippen LogP contribution < -0.4 is 0 Å². The van der Waals surface area contributed by atoms with Crippen molar-refractivity contribution in [1.82, 2.24) is 9.21 Å². The molecule has 2 heterocycles. The minimum atomic E-state index is -3.42. The molecule has 0 bridgehead atoms. The molecule has 1 aliphatic heterocycles. The second kappa shape index (κ2) is 8.19. The molecule has 1 atom stereocenters. The first-order valence-electron chi connectivity index (χ1n) is 8.88. The zero-order chi connectivity index (χ0) is 18.7. The lowest BCUT2D eigenvalue weighted by Gasteiger charge is -2.34. The number of benzene rings is 1. The van der Waals surface area contributed by atoms with Crippen molar-refractivity contribution in [1.29, 1.82) is 0 Å². The molecule has 0 aliphatic carbocycles. The summed E-state index contributed by atoms with van der Waals surface area (Å²) in [5.74, 6) is 0. The van der Waals surface area contributed by atoms with Gasteiger partial charge in [0.2, 0.25) is 10.0 Å². The van der Waals surface area contributed by atoms with Crippen molar-refractivity contribution in [2.45, 2.75) is 31.3 Å². The van der Waals surface area contributed by atoms with E-state index in [4.69, 9.17) is 0 Å². The van der Waals surface area contributed by atoms with E-state index in [0.29, 0.717) is 44.0 Å². The van der Waals surface area contributed by atoms with Gasteiger partial charge in [-0.2, -0.15) is 4.31 Å². The molecule has 1 aliphatic rings. The number of aryl methyl sites for hydroxylation is 2.